The second kappa shape index (κ2) is 14.2. The number of nitrogens with zero attached hydrogens (tertiary/aromatic N) is 1. The average Bonchev–Trinajstić information content (AvgIpc) is 2.97. The molecule has 0 fully saturated rings. The number of carboxylic acids is 1. The first kappa shape index (κ1) is 30.8. The van der Waals surface area contributed by atoms with E-state index in [0.717, 1.165) is 66.9 Å². The standard InChI is InChI=1S/C35H41NO6/c1-6-9-16-36-30-14-12-26(40-17-10-7-2)21-28(30)32(29-22-27(13-15-31(29)36)41-18-11-8-3)35(39)42-33-23(4)19-25(34(37)38)20-24(33)5/h12-15,19-22H,6-11,16-18H2,1-5H3/p+1. The minimum atomic E-state index is -1.03. The molecule has 1 N–H and O–H groups in total. The van der Waals surface area contributed by atoms with Crippen molar-refractivity contribution in [3.8, 4) is 17.2 Å². The topological polar surface area (TPSA) is 85.9 Å². The predicted octanol–water partition coefficient (Wildman–Crippen LogP) is 7.97. The number of unbranched alkanes of at least 4 members (excludes halogenated alkanes) is 3. The molecule has 0 radical (unpaired) electrons. The molecule has 222 valence electrons. The van der Waals surface area contributed by atoms with E-state index in [1.165, 1.54) is 12.1 Å². The average molecular weight is 573 g/mol. The molecule has 1 heterocycles. The lowest BCUT2D eigenvalue weighted by Crippen LogP contribution is -2.36. The molecule has 7 heteroatoms. The van der Waals surface area contributed by atoms with Gasteiger partial charge in [0, 0.05) is 18.6 Å². The fourth-order valence-electron chi connectivity index (χ4n) is 5.18. The van der Waals surface area contributed by atoms with Gasteiger partial charge in [0.15, 0.2) is 0 Å². The van der Waals surface area contributed by atoms with Crippen LogP contribution < -0.4 is 18.8 Å². The first-order valence-corrected chi connectivity index (χ1v) is 15.0. The number of hydrogen-bond acceptors (Lipinski definition) is 5. The Labute approximate surface area is 248 Å². The molecule has 0 aliphatic heterocycles. The third kappa shape index (κ3) is 6.84. The van der Waals surface area contributed by atoms with Gasteiger partial charge in [-0.25, -0.2) is 9.59 Å². The van der Waals surface area contributed by atoms with E-state index in [0.29, 0.717) is 47.2 Å². The third-order valence-corrected chi connectivity index (χ3v) is 7.43. The summed E-state index contributed by atoms with van der Waals surface area (Å²) in [5.41, 5.74) is 3.57. The second-order valence-corrected chi connectivity index (χ2v) is 10.8. The Balaban J connectivity index is 1.94. The number of aromatic nitrogens is 1. The molecule has 42 heavy (non-hydrogen) atoms. The summed E-state index contributed by atoms with van der Waals surface area (Å²) in [6, 6.07) is 14.9. The molecule has 4 rings (SSSR count). The van der Waals surface area contributed by atoms with Crippen LogP contribution in [0.3, 0.4) is 0 Å². The molecule has 0 atom stereocenters. The van der Waals surface area contributed by atoms with Gasteiger partial charge >= 0.3 is 11.9 Å². The maximum absolute atomic E-state index is 14.2. The second-order valence-electron chi connectivity index (χ2n) is 10.8. The lowest BCUT2D eigenvalue weighted by molar-refractivity contribution is -0.645. The summed E-state index contributed by atoms with van der Waals surface area (Å²) in [7, 11) is 0. The fourth-order valence-corrected chi connectivity index (χ4v) is 5.18. The highest BCUT2D eigenvalue weighted by Gasteiger charge is 2.27. The lowest BCUT2D eigenvalue weighted by atomic mass is 10.0. The van der Waals surface area contributed by atoms with Gasteiger partial charge in [0.25, 0.3) is 0 Å². The number of aryl methyl sites for hydroxylation is 3. The highest BCUT2D eigenvalue weighted by atomic mass is 16.5. The van der Waals surface area contributed by atoms with E-state index in [1.54, 1.807) is 13.8 Å². The van der Waals surface area contributed by atoms with Crippen LogP contribution in [-0.4, -0.2) is 30.3 Å². The minimum absolute atomic E-state index is 0.153. The number of ether oxygens (including phenoxy) is 3. The first-order valence-electron chi connectivity index (χ1n) is 15.0. The van der Waals surface area contributed by atoms with Gasteiger partial charge in [-0.15, -0.1) is 0 Å². The van der Waals surface area contributed by atoms with E-state index in [2.05, 4.69) is 25.3 Å². The number of fused-ring (bicyclic) bond motifs is 2. The molecule has 0 amide bonds. The van der Waals surface area contributed by atoms with Gasteiger partial charge in [-0.1, -0.05) is 40.0 Å². The quantitative estimate of drug-likeness (QED) is 0.0542. The third-order valence-electron chi connectivity index (χ3n) is 7.43. The number of benzene rings is 3. The molecule has 0 bridgehead atoms. The number of carboxylic acid groups (broad SMARTS) is 1. The summed E-state index contributed by atoms with van der Waals surface area (Å²) in [5.74, 6) is 0.208. The maximum atomic E-state index is 14.2. The van der Waals surface area contributed by atoms with Crippen LogP contribution in [0.15, 0.2) is 48.5 Å². The normalized spacial score (nSPS) is 11.2. The summed E-state index contributed by atoms with van der Waals surface area (Å²) in [6.45, 7) is 11.9. The molecule has 0 unspecified atom stereocenters. The van der Waals surface area contributed by atoms with Crippen molar-refractivity contribution in [3.63, 3.8) is 0 Å². The molecule has 0 spiro atoms. The molecular formula is C35H42NO6+. The zero-order chi connectivity index (χ0) is 30.2. The fraction of sp³-hybridized carbons (Fsp3) is 0.400. The Morgan fingerprint density at radius 1 is 0.738 bits per heavy atom. The largest absolute Gasteiger partial charge is 0.494 e. The van der Waals surface area contributed by atoms with Gasteiger partial charge < -0.3 is 19.3 Å². The number of aromatic carboxylic acids is 1. The maximum Gasteiger partial charge on any atom is 0.345 e. The zero-order valence-corrected chi connectivity index (χ0v) is 25.4. The van der Waals surface area contributed by atoms with E-state index in [4.69, 9.17) is 14.2 Å². The van der Waals surface area contributed by atoms with Crippen molar-refractivity contribution >= 4 is 33.7 Å². The molecule has 0 aliphatic rings. The molecule has 0 aliphatic carbocycles. The molecule has 0 saturated heterocycles. The van der Waals surface area contributed by atoms with Crippen LogP contribution in [-0.2, 0) is 6.54 Å². The van der Waals surface area contributed by atoms with Crippen LogP contribution in [0.1, 0.15) is 91.1 Å². The first-order chi connectivity index (χ1) is 20.3. The Morgan fingerprint density at radius 2 is 1.24 bits per heavy atom. The van der Waals surface area contributed by atoms with Crippen LogP contribution in [0.5, 0.6) is 17.2 Å². The van der Waals surface area contributed by atoms with Crippen molar-refractivity contribution in [2.24, 2.45) is 0 Å². The van der Waals surface area contributed by atoms with Gasteiger partial charge in [0.2, 0.25) is 11.0 Å². The molecule has 0 saturated carbocycles. The Hall–Kier alpha value is -4.13. The van der Waals surface area contributed by atoms with E-state index < -0.39 is 11.9 Å². The van der Waals surface area contributed by atoms with Crippen LogP contribution >= 0.6 is 0 Å². The number of rotatable bonds is 14. The Morgan fingerprint density at radius 3 is 1.69 bits per heavy atom. The van der Waals surface area contributed by atoms with Gasteiger partial charge in [-0.05, 0) is 74.2 Å². The van der Waals surface area contributed by atoms with E-state index in [1.807, 2.05) is 36.4 Å². The van der Waals surface area contributed by atoms with Crippen molar-refractivity contribution in [3.05, 3.63) is 70.8 Å². The molecule has 4 aromatic rings. The van der Waals surface area contributed by atoms with Crippen LogP contribution in [0.25, 0.3) is 21.8 Å². The smallest absolute Gasteiger partial charge is 0.345 e. The monoisotopic (exact) mass is 572 g/mol. The summed E-state index contributed by atoms with van der Waals surface area (Å²) in [6.07, 6.45) is 5.92. The van der Waals surface area contributed by atoms with Crippen LogP contribution in [0, 0.1) is 13.8 Å². The van der Waals surface area contributed by atoms with E-state index in [9.17, 15) is 14.7 Å². The predicted molar refractivity (Wildman–Crippen MR) is 165 cm³/mol. The highest BCUT2D eigenvalue weighted by molar-refractivity contribution is 6.14. The van der Waals surface area contributed by atoms with Gasteiger partial charge in [-0.2, -0.15) is 4.57 Å². The van der Waals surface area contributed by atoms with Gasteiger partial charge in [-0.3, -0.25) is 0 Å². The lowest BCUT2D eigenvalue weighted by Gasteiger charge is -2.16. The molecule has 7 nitrogen and oxygen atoms in total. The van der Waals surface area contributed by atoms with Crippen molar-refractivity contribution in [1.82, 2.24) is 0 Å². The molecule has 1 aromatic heterocycles. The van der Waals surface area contributed by atoms with Crippen LogP contribution in [0.4, 0.5) is 0 Å². The van der Waals surface area contributed by atoms with Gasteiger partial charge in [0.05, 0.1) is 35.1 Å². The SMILES string of the molecule is CCCCOc1ccc2c(c1)c(C(=O)Oc1c(C)cc(C(=O)O)cc1C)c1cc(OCCCC)ccc1[n+]2CCCC. The minimum Gasteiger partial charge on any atom is -0.494 e. The summed E-state index contributed by atoms with van der Waals surface area (Å²) in [4.78, 5) is 25.8. The van der Waals surface area contributed by atoms with E-state index in [-0.39, 0.29) is 5.56 Å². The number of carbonyl (C=O) groups is 2. The highest BCUT2D eigenvalue weighted by Crippen LogP contribution is 2.33. The number of hydrogen-bond donors (Lipinski definition) is 1. The van der Waals surface area contributed by atoms with Crippen molar-refractivity contribution < 1.29 is 33.5 Å². The van der Waals surface area contributed by atoms with E-state index >= 15 is 0 Å². The Kier molecular flexibility index (Phi) is 10.4. The number of esters is 1. The summed E-state index contributed by atoms with van der Waals surface area (Å²) in [5, 5.41) is 11.0. The summed E-state index contributed by atoms with van der Waals surface area (Å²) < 4.78 is 20.5. The number of pyridine rings is 1. The Bertz CT molecular complexity index is 1500. The van der Waals surface area contributed by atoms with Crippen molar-refractivity contribution in [2.45, 2.75) is 79.7 Å². The molecular weight excluding hydrogens is 530 g/mol. The van der Waals surface area contributed by atoms with Gasteiger partial charge in [0.1, 0.15) is 23.8 Å². The summed E-state index contributed by atoms with van der Waals surface area (Å²) >= 11 is 0. The zero-order valence-electron chi connectivity index (χ0n) is 25.4. The molecule has 3 aromatic carbocycles. The van der Waals surface area contributed by atoms with Crippen molar-refractivity contribution in [2.75, 3.05) is 13.2 Å². The van der Waals surface area contributed by atoms with Crippen LogP contribution in [0.2, 0.25) is 0 Å². The van der Waals surface area contributed by atoms with Crippen molar-refractivity contribution in [1.29, 1.82) is 0 Å². The number of carbonyl (C=O) groups excluding carboxylic acids is 1.